The molecule has 0 bridgehead atoms. The lowest BCUT2D eigenvalue weighted by Crippen LogP contribution is -2.37. The first-order valence-electron chi connectivity index (χ1n) is 5.53. The molecular weight excluding hydrogens is 272 g/mol. The van der Waals surface area contributed by atoms with Crippen molar-refractivity contribution in [3.63, 3.8) is 0 Å². The van der Waals surface area contributed by atoms with Gasteiger partial charge in [0, 0.05) is 14.1 Å². The molecule has 0 fully saturated rings. The summed E-state index contributed by atoms with van der Waals surface area (Å²) in [5.74, 6) is 0. The second-order valence-electron chi connectivity index (χ2n) is 3.95. The molecule has 102 valence electrons. The zero-order chi connectivity index (χ0) is 14.2. The first-order valence-corrected chi connectivity index (χ1v) is 5.91. The zero-order valence-corrected chi connectivity index (χ0v) is 11.3. The van der Waals surface area contributed by atoms with E-state index in [0.717, 1.165) is 4.57 Å². The Morgan fingerprint density at radius 2 is 2.05 bits per heavy atom. The molecule has 0 aliphatic carbocycles. The molecule has 0 aliphatic rings. The number of ether oxygens (including phenoxy) is 1. The molecular formula is C11H13ClN4O3. The lowest BCUT2D eigenvalue weighted by Gasteiger charge is -2.06. The fourth-order valence-corrected chi connectivity index (χ4v) is 2.10. The van der Waals surface area contributed by atoms with Crippen molar-refractivity contribution in [2.75, 3.05) is 6.61 Å². The van der Waals surface area contributed by atoms with E-state index in [0.29, 0.717) is 13.2 Å². The van der Waals surface area contributed by atoms with Gasteiger partial charge in [-0.3, -0.25) is 13.9 Å². The van der Waals surface area contributed by atoms with E-state index in [4.69, 9.17) is 16.3 Å². The molecule has 19 heavy (non-hydrogen) atoms. The van der Waals surface area contributed by atoms with Gasteiger partial charge < -0.3 is 9.30 Å². The van der Waals surface area contributed by atoms with Crippen molar-refractivity contribution < 1.29 is 4.74 Å². The van der Waals surface area contributed by atoms with Crippen LogP contribution in [0.4, 0.5) is 0 Å². The number of hydrogen-bond donors (Lipinski definition) is 0. The van der Waals surface area contributed by atoms with Crippen molar-refractivity contribution in [2.24, 2.45) is 14.1 Å². The van der Waals surface area contributed by atoms with Crippen LogP contribution in [0, 0.1) is 0 Å². The van der Waals surface area contributed by atoms with Crippen LogP contribution < -0.4 is 11.2 Å². The fourth-order valence-electron chi connectivity index (χ4n) is 1.85. The first kappa shape index (κ1) is 13.4. The van der Waals surface area contributed by atoms with Gasteiger partial charge in [-0.25, -0.2) is 4.79 Å². The van der Waals surface area contributed by atoms with Crippen LogP contribution in [-0.4, -0.2) is 25.3 Å². The number of aryl methyl sites for hydroxylation is 1. The average molecular weight is 285 g/mol. The molecule has 8 heteroatoms. The van der Waals surface area contributed by atoms with E-state index in [1.54, 1.807) is 0 Å². The summed E-state index contributed by atoms with van der Waals surface area (Å²) in [6.45, 7) is 4.08. The Bertz CT molecular complexity index is 756. The van der Waals surface area contributed by atoms with E-state index in [1.165, 1.54) is 29.5 Å². The molecule has 0 amide bonds. The fraction of sp³-hybridized carbons (Fsp3) is 0.364. The van der Waals surface area contributed by atoms with Gasteiger partial charge in [-0.1, -0.05) is 6.58 Å². The summed E-state index contributed by atoms with van der Waals surface area (Å²) in [5, 5.41) is 0.140. The number of fused-ring (bicyclic) bond motifs is 1. The highest BCUT2D eigenvalue weighted by Gasteiger charge is 2.17. The maximum absolute atomic E-state index is 12.1. The molecule has 0 unspecified atom stereocenters. The molecule has 2 aromatic rings. The molecule has 2 aromatic heterocycles. The number of imidazole rings is 1. The summed E-state index contributed by atoms with van der Waals surface area (Å²) >= 11 is 6.00. The lowest BCUT2D eigenvalue weighted by molar-refractivity contribution is 0.237. The minimum absolute atomic E-state index is 0.140. The Morgan fingerprint density at radius 1 is 1.37 bits per heavy atom. The van der Waals surface area contributed by atoms with E-state index in [9.17, 15) is 9.59 Å². The summed E-state index contributed by atoms with van der Waals surface area (Å²) < 4.78 is 8.83. The summed E-state index contributed by atoms with van der Waals surface area (Å²) in [5.41, 5.74) is -0.337. The third kappa shape index (κ3) is 2.06. The molecule has 0 spiro atoms. The van der Waals surface area contributed by atoms with Crippen LogP contribution in [0.3, 0.4) is 0 Å². The first-order chi connectivity index (χ1) is 8.99. The van der Waals surface area contributed by atoms with Gasteiger partial charge in [0.1, 0.15) is 6.61 Å². The van der Waals surface area contributed by atoms with Crippen molar-refractivity contribution in [3.8, 4) is 0 Å². The van der Waals surface area contributed by atoms with Crippen LogP contribution in [0.25, 0.3) is 11.2 Å². The third-order valence-corrected chi connectivity index (χ3v) is 3.14. The molecule has 0 aromatic carbocycles. The molecule has 0 saturated heterocycles. The molecule has 0 atom stereocenters. The van der Waals surface area contributed by atoms with Crippen molar-refractivity contribution in [1.82, 2.24) is 18.7 Å². The van der Waals surface area contributed by atoms with Gasteiger partial charge in [0.05, 0.1) is 12.8 Å². The van der Waals surface area contributed by atoms with Crippen molar-refractivity contribution in [3.05, 3.63) is 39.0 Å². The van der Waals surface area contributed by atoms with Crippen LogP contribution >= 0.6 is 11.6 Å². The SMILES string of the molecule is C=COCCn1c(Cl)nc2c1c(=O)n(C)c(=O)n2C. The standard InChI is InChI=1S/C11H13ClN4O3/c1-4-19-6-5-16-7-8(13-10(16)12)14(2)11(18)15(3)9(7)17/h4H,1,5-6H2,2-3H3. The highest BCUT2D eigenvalue weighted by molar-refractivity contribution is 6.29. The molecule has 2 heterocycles. The van der Waals surface area contributed by atoms with Gasteiger partial charge in [0.15, 0.2) is 11.2 Å². The summed E-state index contributed by atoms with van der Waals surface area (Å²) in [7, 11) is 2.95. The number of halogens is 1. The van der Waals surface area contributed by atoms with Crippen LogP contribution in [-0.2, 0) is 25.4 Å². The normalized spacial score (nSPS) is 10.9. The summed E-state index contributed by atoms with van der Waals surface area (Å²) in [6.07, 6.45) is 1.31. The maximum atomic E-state index is 12.1. The predicted molar refractivity (Wildman–Crippen MR) is 71.4 cm³/mol. The van der Waals surface area contributed by atoms with Gasteiger partial charge in [-0.05, 0) is 11.6 Å². The second-order valence-corrected chi connectivity index (χ2v) is 4.29. The van der Waals surface area contributed by atoms with Crippen molar-refractivity contribution in [2.45, 2.75) is 6.54 Å². The highest BCUT2D eigenvalue weighted by Crippen LogP contribution is 2.15. The third-order valence-electron chi connectivity index (χ3n) is 2.85. The van der Waals surface area contributed by atoms with Gasteiger partial charge in [-0.2, -0.15) is 4.98 Å². The number of aromatic nitrogens is 4. The van der Waals surface area contributed by atoms with Gasteiger partial charge >= 0.3 is 5.69 Å². The Labute approximate surface area is 113 Å². The Hall–Kier alpha value is -2.02. The van der Waals surface area contributed by atoms with Crippen molar-refractivity contribution >= 4 is 22.8 Å². The predicted octanol–water partition coefficient (Wildman–Crippen LogP) is 0.247. The average Bonchev–Trinajstić information content (AvgIpc) is 2.72. The second kappa shape index (κ2) is 4.93. The number of nitrogens with zero attached hydrogens (tertiary/aromatic N) is 4. The van der Waals surface area contributed by atoms with Gasteiger partial charge in [-0.15, -0.1) is 0 Å². The minimum atomic E-state index is -0.443. The van der Waals surface area contributed by atoms with Crippen molar-refractivity contribution in [1.29, 1.82) is 0 Å². The molecule has 0 radical (unpaired) electrons. The highest BCUT2D eigenvalue weighted by atomic mass is 35.5. The van der Waals surface area contributed by atoms with Gasteiger partial charge in [0.25, 0.3) is 5.56 Å². The lowest BCUT2D eigenvalue weighted by atomic mass is 10.5. The topological polar surface area (TPSA) is 71.1 Å². The van der Waals surface area contributed by atoms with Crippen LogP contribution in [0.2, 0.25) is 5.28 Å². The Balaban J connectivity index is 2.72. The molecule has 0 aliphatic heterocycles. The van der Waals surface area contributed by atoms with E-state index in [2.05, 4.69) is 11.6 Å². The quantitative estimate of drug-likeness (QED) is 0.458. The van der Waals surface area contributed by atoms with E-state index in [-0.39, 0.29) is 16.4 Å². The molecule has 2 rings (SSSR count). The van der Waals surface area contributed by atoms with E-state index in [1.807, 2.05) is 0 Å². The minimum Gasteiger partial charge on any atom is -0.500 e. The monoisotopic (exact) mass is 284 g/mol. The van der Waals surface area contributed by atoms with E-state index >= 15 is 0 Å². The molecule has 7 nitrogen and oxygen atoms in total. The largest absolute Gasteiger partial charge is 0.500 e. The zero-order valence-electron chi connectivity index (χ0n) is 10.6. The Morgan fingerprint density at radius 3 is 2.68 bits per heavy atom. The Kier molecular flexibility index (Phi) is 3.48. The van der Waals surface area contributed by atoms with E-state index < -0.39 is 11.2 Å². The maximum Gasteiger partial charge on any atom is 0.332 e. The summed E-state index contributed by atoms with van der Waals surface area (Å²) in [6, 6.07) is 0. The van der Waals surface area contributed by atoms with Crippen LogP contribution in [0.1, 0.15) is 0 Å². The summed E-state index contributed by atoms with van der Waals surface area (Å²) in [4.78, 5) is 28.0. The van der Waals surface area contributed by atoms with Gasteiger partial charge in [0.2, 0.25) is 5.28 Å². The number of rotatable bonds is 4. The van der Waals surface area contributed by atoms with Crippen LogP contribution in [0.5, 0.6) is 0 Å². The number of hydrogen-bond acceptors (Lipinski definition) is 4. The van der Waals surface area contributed by atoms with Crippen LogP contribution in [0.15, 0.2) is 22.4 Å². The smallest absolute Gasteiger partial charge is 0.332 e. The molecule has 0 saturated carbocycles. The molecule has 0 N–H and O–H groups in total.